The van der Waals surface area contributed by atoms with E-state index in [1.54, 1.807) is 0 Å². The largest absolute Gasteiger partial charge is 0.480 e. The van der Waals surface area contributed by atoms with Crippen molar-refractivity contribution < 1.29 is 19.6 Å². The molecule has 0 aliphatic rings. The quantitative estimate of drug-likeness (QED) is 0.328. The minimum Gasteiger partial charge on any atom is -0.480 e. The monoisotopic (exact) mass is 310 g/mol. The molecule has 0 saturated heterocycles. The number of hydrogen-bond acceptors (Lipinski definition) is 5. The van der Waals surface area contributed by atoms with E-state index in [0.717, 1.165) is 0 Å². The lowest BCUT2D eigenvalue weighted by Crippen LogP contribution is -2.41. The first-order chi connectivity index (χ1) is 9.93. The van der Waals surface area contributed by atoms with Crippen LogP contribution < -0.4 is 5.32 Å². The Balaban J connectivity index is 2.50. The maximum absolute atomic E-state index is 11.6. The smallest absolute Gasteiger partial charge is 0.326 e. The lowest BCUT2D eigenvalue weighted by atomic mass is 10.2. The van der Waals surface area contributed by atoms with Crippen LogP contribution in [0.2, 0.25) is 0 Å². The van der Waals surface area contributed by atoms with Gasteiger partial charge in [0.1, 0.15) is 6.04 Å². The summed E-state index contributed by atoms with van der Waals surface area (Å²) in [6.07, 6.45) is 1.56. The molecule has 8 heteroatoms. The molecule has 1 atom stereocenters. The summed E-state index contributed by atoms with van der Waals surface area (Å²) >= 11 is 1.17. The number of carbonyl (C=O) groups excluding carboxylic acids is 1. The first-order valence-electron chi connectivity index (χ1n) is 5.94. The number of nitro benzene ring substituents is 1. The normalized spacial score (nSPS) is 11.4. The van der Waals surface area contributed by atoms with Crippen molar-refractivity contribution in [3.05, 3.63) is 47.0 Å². The van der Waals surface area contributed by atoms with Crippen LogP contribution in [0, 0.1) is 10.1 Å². The molecule has 0 aliphatic carbocycles. The highest BCUT2D eigenvalue weighted by atomic mass is 32.2. The molecular weight excluding hydrogens is 296 g/mol. The van der Waals surface area contributed by atoms with Crippen molar-refractivity contribution in [3.8, 4) is 0 Å². The number of nitrogens with zero attached hydrogens (tertiary/aromatic N) is 1. The Morgan fingerprint density at radius 1 is 1.43 bits per heavy atom. The maximum atomic E-state index is 11.6. The number of aliphatic carboxylic acids is 1. The van der Waals surface area contributed by atoms with Gasteiger partial charge in [-0.05, 0) is 18.6 Å². The predicted octanol–water partition coefficient (Wildman–Crippen LogP) is 1.83. The summed E-state index contributed by atoms with van der Waals surface area (Å²) in [5, 5.41) is 21.8. The molecule has 0 heterocycles. The summed E-state index contributed by atoms with van der Waals surface area (Å²) in [6, 6.07) is 4.77. The molecule has 21 heavy (non-hydrogen) atoms. The molecule has 0 aromatic heterocycles. The van der Waals surface area contributed by atoms with E-state index in [1.807, 2.05) is 0 Å². The van der Waals surface area contributed by atoms with Gasteiger partial charge in [-0.25, -0.2) is 4.79 Å². The number of carboxylic acid groups (broad SMARTS) is 1. The highest BCUT2D eigenvalue weighted by Crippen LogP contribution is 2.21. The number of amides is 1. The number of benzene rings is 1. The van der Waals surface area contributed by atoms with Gasteiger partial charge < -0.3 is 10.4 Å². The van der Waals surface area contributed by atoms with Gasteiger partial charge in [-0.1, -0.05) is 6.08 Å². The first-order valence-corrected chi connectivity index (χ1v) is 6.93. The number of hydrogen-bond donors (Lipinski definition) is 2. The van der Waals surface area contributed by atoms with Crippen LogP contribution in [0.3, 0.4) is 0 Å². The van der Waals surface area contributed by atoms with Crippen LogP contribution in [-0.4, -0.2) is 33.7 Å². The second-order valence-electron chi connectivity index (χ2n) is 4.02. The van der Waals surface area contributed by atoms with Crippen LogP contribution in [-0.2, 0) is 9.59 Å². The number of nitrogens with one attached hydrogen (secondary N) is 1. The zero-order chi connectivity index (χ0) is 15.8. The molecule has 0 bridgehead atoms. The molecule has 1 amide bonds. The molecule has 1 aromatic rings. The second kappa shape index (κ2) is 8.05. The van der Waals surface area contributed by atoms with Crippen molar-refractivity contribution in [3.63, 3.8) is 0 Å². The average Bonchev–Trinajstić information content (AvgIpc) is 2.45. The van der Waals surface area contributed by atoms with Gasteiger partial charge in [-0.2, -0.15) is 0 Å². The van der Waals surface area contributed by atoms with Crippen LogP contribution in [0.25, 0.3) is 0 Å². The van der Waals surface area contributed by atoms with E-state index in [2.05, 4.69) is 11.9 Å². The minimum absolute atomic E-state index is 0.0265. The summed E-state index contributed by atoms with van der Waals surface area (Å²) in [5.41, 5.74) is -0.0271. The Morgan fingerprint density at radius 2 is 2.05 bits per heavy atom. The van der Waals surface area contributed by atoms with Crippen LogP contribution in [0.15, 0.2) is 41.8 Å². The Kier molecular flexibility index (Phi) is 6.41. The van der Waals surface area contributed by atoms with E-state index >= 15 is 0 Å². The van der Waals surface area contributed by atoms with E-state index in [1.165, 1.54) is 42.1 Å². The molecule has 0 radical (unpaired) electrons. The first kappa shape index (κ1) is 16.7. The molecule has 0 aliphatic heterocycles. The molecule has 0 spiro atoms. The van der Waals surface area contributed by atoms with Crippen molar-refractivity contribution in [1.29, 1.82) is 0 Å². The zero-order valence-electron chi connectivity index (χ0n) is 11.0. The van der Waals surface area contributed by atoms with Crippen LogP contribution in [0.1, 0.15) is 6.42 Å². The number of rotatable bonds is 8. The topological polar surface area (TPSA) is 110 Å². The van der Waals surface area contributed by atoms with Crippen LogP contribution in [0.5, 0.6) is 0 Å². The van der Waals surface area contributed by atoms with E-state index in [0.29, 0.717) is 4.90 Å². The van der Waals surface area contributed by atoms with Crippen molar-refractivity contribution in [2.45, 2.75) is 17.4 Å². The van der Waals surface area contributed by atoms with Crippen molar-refractivity contribution in [2.24, 2.45) is 0 Å². The Hall–Kier alpha value is -2.35. The number of carbonyl (C=O) groups is 2. The molecular formula is C13H14N2O5S. The summed E-state index contributed by atoms with van der Waals surface area (Å²) in [5.74, 6) is -1.52. The fraction of sp³-hybridized carbons (Fsp3) is 0.231. The third-order valence-electron chi connectivity index (χ3n) is 2.45. The summed E-state index contributed by atoms with van der Waals surface area (Å²) < 4.78 is 0. The van der Waals surface area contributed by atoms with Crippen LogP contribution in [0.4, 0.5) is 5.69 Å². The second-order valence-corrected chi connectivity index (χ2v) is 5.07. The molecule has 7 nitrogen and oxygen atoms in total. The third-order valence-corrected chi connectivity index (χ3v) is 3.47. The highest BCUT2D eigenvalue weighted by molar-refractivity contribution is 8.00. The standard InChI is InChI=1S/C13H14N2O5S/c1-2-3-11(13(17)18)14-12(16)8-21-10-6-4-9(5-7-10)15(19)20/h2,4-7,11H,1,3,8H2,(H,14,16)(H,17,18). The predicted molar refractivity (Wildman–Crippen MR) is 78.2 cm³/mol. The number of carboxylic acids is 1. The van der Waals surface area contributed by atoms with Gasteiger partial charge in [-0.15, -0.1) is 18.3 Å². The lowest BCUT2D eigenvalue weighted by Gasteiger charge is -2.12. The average molecular weight is 310 g/mol. The minimum atomic E-state index is -1.12. The van der Waals surface area contributed by atoms with Gasteiger partial charge in [-0.3, -0.25) is 14.9 Å². The lowest BCUT2D eigenvalue weighted by molar-refractivity contribution is -0.384. The number of nitro groups is 1. The van der Waals surface area contributed by atoms with Gasteiger partial charge in [0.25, 0.3) is 5.69 Å². The molecule has 2 N–H and O–H groups in total. The Labute approximate surface area is 125 Å². The maximum Gasteiger partial charge on any atom is 0.326 e. The summed E-state index contributed by atoms with van der Waals surface area (Å²) in [4.78, 5) is 33.2. The molecule has 1 rings (SSSR count). The molecule has 112 valence electrons. The number of non-ortho nitro benzene ring substituents is 1. The van der Waals surface area contributed by atoms with E-state index < -0.39 is 22.8 Å². The third kappa shape index (κ3) is 5.65. The van der Waals surface area contributed by atoms with E-state index in [4.69, 9.17) is 5.11 Å². The van der Waals surface area contributed by atoms with Gasteiger partial charge in [0.15, 0.2) is 0 Å². The Morgan fingerprint density at radius 3 is 2.52 bits per heavy atom. The van der Waals surface area contributed by atoms with Gasteiger partial charge >= 0.3 is 5.97 Å². The number of thioether (sulfide) groups is 1. The van der Waals surface area contributed by atoms with Crippen LogP contribution >= 0.6 is 11.8 Å². The van der Waals surface area contributed by atoms with Crippen molar-refractivity contribution in [1.82, 2.24) is 5.32 Å². The molecule has 0 saturated carbocycles. The molecule has 0 fully saturated rings. The Bertz CT molecular complexity index is 544. The van der Waals surface area contributed by atoms with Gasteiger partial charge in [0.05, 0.1) is 10.7 Å². The molecule has 1 unspecified atom stereocenters. The summed E-state index contributed by atoms with van der Waals surface area (Å²) in [7, 11) is 0. The van der Waals surface area contributed by atoms with Crippen molar-refractivity contribution >= 4 is 29.3 Å². The van der Waals surface area contributed by atoms with Gasteiger partial charge in [0.2, 0.25) is 5.91 Å². The van der Waals surface area contributed by atoms with E-state index in [-0.39, 0.29) is 17.9 Å². The van der Waals surface area contributed by atoms with Gasteiger partial charge in [0, 0.05) is 17.0 Å². The summed E-state index contributed by atoms with van der Waals surface area (Å²) in [6.45, 7) is 3.43. The van der Waals surface area contributed by atoms with E-state index in [9.17, 15) is 19.7 Å². The fourth-order valence-corrected chi connectivity index (χ4v) is 2.15. The zero-order valence-corrected chi connectivity index (χ0v) is 11.8. The highest BCUT2D eigenvalue weighted by Gasteiger charge is 2.18. The van der Waals surface area contributed by atoms with Crippen molar-refractivity contribution in [2.75, 3.05) is 5.75 Å². The molecule has 1 aromatic carbocycles. The fourth-order valence-electron chi connectivity index (χ4n) is 1.44. The SMILES string of the molecule is C=CCC(NC(=O)CSc1ccc([N+](=O)[O-])cc1)C(=O)O.